The highest BCUT2D eigenvalue weighted by Gasteiger charge is 2.19. The maximum Gasteiger partial charge on any atom is 0.330 e. The van der Waals surface area contributed by atoms with Crippen molar-refractivity contribution in [1.29, 1.82) is 0 Å². The van der Waals surface area contributed by atoms with Crippen molar-refractivity contribution in [2.24, 2.45) is 11.8 Å². The number of ether oxygens (including phenoxy) is 2. The van der Waals surface area contributed by atoms with Gasteiger partial charge in [-0.05, 0) is 12.5 Å². The van der Waals surface area contributed by atoms with E-state index in [0.29, 0.717) is 19.8 Å². The molecule has 0 aliphatic carbocycles. The lowest BCUT2D eigenvalue weighted by molar-refractivity contribution is -0.137. The van der Waals surface area contributed by atoms with Crippen LogP contribution in [0.15, 0.2) is 42.5 Å². The molecule has 1 aromatic rings. The normalized spacial score (nSPS) is 15.5. The molecule has 0 saturated heterocycles. The van der Waals surface area contributed by atoms with Gasteiger partial charge in [-0.3, -0.25) is 0 Å². The van der Waals surface area contributed by atoms with Crippen molar-refractivity contribution in [2.75, 3.05) is 13.2 Å². The molecule has 0 fully saturated rings. The van der Waals surface area contributed by atoms with E-state index >= 15 is 0 Å². The number of carbonyl (C=O) groups is 1. The van der Waals surface area contributed by atoms with E-state index in [4.69, 9.17) is 9.47 Å². The summed E-state index contributed by atoms with van der Waals surface area (Å²) in [5.74, 6) is -0.542. The van der Waals surface area contributed by atoms with E-state index in [9.17, 15) is 9.90 Å². The average Bonchev–Trinajstić information content (AvgIpc) is 2.53. The van der Waals surface area contributed by atoms with Crippen molar-refractivity contribution in [1.82, 2.24) is 0 Å². The largest absolute Gasteiger partial charge is 0.463 e. The quantitative estimate of drug-likeness (QED) is 0.563. The number of hydrogen-bond donors (Lipinski definition) is 1. The van der Waals surface area contributed by atoms with Gasteiger partial charge < -0.3 is 14.6 Å². The summed E-state index contributed by atoms with van der Waals surface area (Å²) in [5.41, 5.74) is 1.11. The van der Waals surface area contributed by atoms with Gasteiger partial charge in [-0.2, -0.15) is 0 Å². The van der Waals surface area contributed by atoms with E-state index in [0.717, 1.165) is 5.56 Å². The van der Waals surface area contributed by atoms with Crippen LogP contribution >= 0.6 is 0 Å². The topological polar surface area (TPSA) is 55.8 Å². The van der Waals surface area contributed by atoms with Crippen molar-refractivity contribution in [3.8, 4) is 0 Å². The van der Waals surface area contributed by atoms with Crippen LogP contribution in [0.2, 0.25) is 0 Å². The summed E-state index contributed by atoms with van der Waals surface area (Å²) in [5, 5.41) is 10.2. The first-order chi connectivity index (χ1) is 10.5. The molecule has 22 heavy (non-hydrogen) atoms. The lowest BCUT2D eigenvalue weighted by Crippen LogP contribution is -2.28. The molecule has 0 bridgehead atoms. The molecule has 0 unspecified atom stereocenters. The third-order valence-electron chi connectivity index (χ3n) is 3.44. The van der Waals surface area contributed by atoms with Crippen molar-refractivity contribution < 1.29 is 19.4 Å². The number of carbonyl (C=O) groups excluding carboxylic acids is 1. The van der Waals surface area contributed by atoms with Crippen molar-refractivity contribution in [3.63, 3.8) is 0 Å². The van der Waals surface area contributed by atoms with Gasteiger partial charge in [0.25, 0.3) is 0 Å². The second-order valence-corrected chi connectivity index (χ2v) is 5.44. The van der Waals surface area contributed by atoms with Gasteiger partial charge >= 0.3 is 5.97 Å². The number of rotatable bonds is 9. The van der Waals surface area contributed by atoms with E-state index in [2.05, 4.69) is 0 Å². The fraction of sp³-hybridized carbons (Fsp3) is 0.500. The fourth-order valence-electron chi connectivity index (χ4n) is 2.09. The van der Waals surface area contributed by atoms with E-state index in [-0.39, 0.29) is 17.8 Å². The molecule has 1 aromatic carbocycles. The SMILES string of the molecule is CCOC(=O)/C=C/[C@@H](C)[C@@H](O)[C@@H](C)COCc1ccccc1. The van der Waals surface area contributed by atoms with Crippen LogP contribution in [0.4, 0.5) is 0 Å². The zero-order valence-corrected chi connectivity index (χ0v) is 13.6. The Kier molecular flexibility index (Phi) is 8.48. The molecule has 0 radical (unpaired) electrons. The predicted octanol–water partition coefficient (Wildman–Crippen LogP) is 2.96. The third kappa shape index (κ3) is 6.87. The fourth-order valence-corrected chi connectivity index (χ4v) is 2.09. The summed E-state index contributed by atoms with van der Waals surface area (Å²) in [7, 11) is 0. The summed E-state index contributed by atoms with van der Waals surface area (Å²) < 4.78 is 10.5. The van der Waals surface area contributed by atoms with Crippen molar-refractivity contribution in [2.45, 2.75) is 33.5 Å². The van der Waals surface area contributed by atoms with Gasteiger partial charge in [0, 0.05) is 17.9 Å². The maximum atomic E-state index is 11.3. The highest BCUT2D eigenvalue weighted by molar-refractivity contribution is 5.81. The molecular formula is C18H26O4. The van der Waals surface area contributed by atoms with Gasteiger partial charge in [0.2, 0.25) is 0 Å². The molecular weight excluding hydrogens is 280 g/mol. The Morgan fingerprint density at radius 3 is 2.59 bits per heavy atom. The summed E-state index contributed by atoms with van der Waals surface area (Å²) >= 11 is 0. The Balaban J connectivity index is 2.34. The molecule has 0 heterocycles. The summed E-state index contributed by atoms with van der Waals surface area (Å²) in [6.07, 6.45) is 2.48. The van der Waals surface area contributed by atoms with Crippen LogP contribution in [0.5, 0.6) is 0 Å². The second kappa shape index (κ2) is 10.1. The zero-order valence-electron chi connectivity index (χ0n) is 13.6. The summed E-state index contributed by atoms with van der Waals surface area (Å²) in [6.45, 7) is 6.91. The molecule has 1 N–H and O–H groups in total. The van der Waals surface area contributed by atoms with Gasteiger partial charge in [0.1, 0.15) is 0 Å². The monoisotopic (exact) mass is 306 g/mol. The number of esters is 1. The maximum absolute atomic E-state index is 11.3. The number of hydrogen-bond acceptors (Lipinski definition) is 4. The predicted molar refractivity (Wildman–Crippen MR) is 86.2 cm³/mol. The summed E-state index contributed by atoms with van der Waals surface area (Å²) in [4.78, 5) is 11.3. The molecule has 4 heteroatoms. The lowest BCUT2D eigenvalue weighted by Gasteiger charge is -2.22. The minimum atomic E-state index is -0.568. The molecule has 3 atom stereocenters. The van der Waals surface area contributed by atoms with Gasteiger partial charge in [-0.1, -0.05) is 50.3 Å². The van der Waals surface area contributed by atoms with Crippen LogP contribution in [0.3, 0.4) is 0 Å². The van der Waals surface area contributed by atoms with Crippen LogP contribution in [0, 0.1) is 11.8 Å². The van der Waals surface area contributed by atoms with E-state index < -0.39 is 6.10 Å². The third-order valence-corrected chi connectivity index (χ3v) is 3.44. The van der Waals surface area contributed by atoms with E-state index in [1.54, 1.807) is 13.0 Å². The van der Waals surface area contributed by atoms with Crippen LogP contribution in [-0.2, 0) is 20.9 Å². The van der Waals surface area contributed by atoms with Gasteiger partial charge in [0.05, 0.1) is 25.9 Å². The highest BCUT2D eigenvalue weighted by atomic mass is 16.5. The average molecular weight is 306 g/mol. The van der Waals surface area contributed by atoms with Crippen LogP contribution in [-0.4, -0.2) is 30.4 Å². The molecule has 0 amide bonds. The first kappa shape index (κ1) is 18.4. The molecule has 0 aliphatic heterocycles. The Bertz CT molecular complexity index is 455. The van der Waals surface area contributed by atoms with E-state index in [1.807, 2.05) is 44.2 Å². The minimum Gasteiger partial charge on any atom is -0.463 e. The first-order valence-electron chi connectivity index (χ1n) is 7.69. The van der Waals surface area contributed by atoms with Crippen LogP contribution in [0.25, 0.3) is 0 Å². The van der Waals surface area contributed by atoms with Crippen LogP contribution in [0.1, 0.15) is 26.3 Å². The summed E-state index contributed by atoms with van der Waals surface area (Å²) in [6, 6.07) is 9.92. The van der Waals surface area contributed by atoms with E-state index in [1.165, 1.54) is 6.08 Å². The van der Waals surface area contributed by atoms with Crippen molar-refractivity contribution in [3.05, 3.63) is 48.0 Å². The van der Waals surface area contributed by atoms with Crippen LogP contribution < -0.4 is 0 Å². The molecule has 4 nitrogen and oxygen atoms in total. The highest BCUT2D eigenvalue weighted by Crippen LogP contribution is 2.15. The molecule has 0 aromatic heterocycles. The Morgan fingerprint density at radius 2 is 1.95 bits per heavy atom. The Morgan fingerprint density at radius 1 is 1.27 bits per heavy atom. The Labute approximate surface area is 132 Å². The zero-order chi connectivity index (χ0) is 16.4. The number of benzene rings is 1. The Hall–Kier alpha value is -1.65. The molecule has 122 valence electrons. The first-order valence-corrected chi connectivity index (χ1v) is 7.69. The number of aliphatic hydroxyl groups is 1. The number of aliphatic hydroxyl groups excluding tert-OH is 1. The van der Waals surface area contributed by atoms with Gasteiger partial charge in [0.15, 0.2) is 0 Å². The standard InChI is InChI=1S/C18H26O4/c1-4-22-17(19)11-10-14(2)18(20)15(3)12-21-13-16-8-6-5-7-9-16/h5-11,14-15,18,20H,4,12-13H2,1-3H3/b11-10+/t14-,15+,18-/m1/s1. The van der Waals surface area contributed by atoms with Gasteiger partial charge in [-0.15, -0.1) is 0 Å². The smallest absolute Gasteiger partial charge is 0.330 e. The molecule has 0 aliphatic rings. The van der Waals surface area contributed by atoms with Gasteiger partial charge in [-0.25, -0.2) is 4.79 Å². The lowest BCUT2D eigenvalue weighted by atomic mass is 9.93. The molecule has 0 saturated carbocycles. The van der Waals surface area contributed by atoms with Crippen molar-refractivity contribution >= 4 is 5.97 Å². The minimum absolute atomic E-state index is 0.0226. The molecule has 0 spiro atoms. The second-order valence-electron chi connectivity index (χ2n) is 5.44. The molecule has 1 rings (SSSR count).